The van der Waals surface area contributed by atoms with E-state index in [-0.39, 0.29) is 15.8 Å². The van der Waals surface area contributed by atoms with Crippen LogP contribution < -0.4 is 25.5 Å². The highest BCUT2D eigenvalue weighted by atomic mass is 79.9. The van der Waals surface area contributed by atoms with Crippen molar-refractivity contribution >= 4 is 43.3 Å². The molecule has 1 rings (SSSR count). The molecule has 1 aromatic carbocycles. The van der Waals surface area contributed by atoms with Crippen LogP contribution in [0.1, 0.15) is 0 Å². The van der Waals surface area contributed by atoms with Crippen molar-refractivity contribution in [3.63, 3.8) is 0 Å². The number of nitrogens with one attached hydrogen (secondary N) is 2. The number of thiocarbonyl (C=S) groups is 1. The molecule has 0 radical (unpaired) electrons. The third kappa shape index (κ3) is 3.93. The van der Waals surface area contributed by atoms with E-state index >= 15 is 0 Å². The second-order valence-electron chi connectivity index (χ2n) is 3.23. The first kappa shape index (κ1) is 16.0. The molecule has 1 aromatic rings. The number of methoxy groups -OCH3 is 2. The first-order valence-corrected chi connectivity index (χ1v) is 7.49. The first-order valence-electron chi connectivity index (χ1n) is 4.80. The van der Waals surface area contributed by atoms with Crippen LogP contribution in [0.3, 0.4) is 0 Å². The SMILES string of the molecule is COc1cc(Br)c(S(=O)(=O)NNC(N)=S)cc1OC. The first-order chi connectivity index (χ1) is 8.81. The lowest BCUT2D eigenvalue weighted by molar-refractivity contribution is 0.353. The van der Waals surface area contributed by atoms with Gasteiger partial charge in [0.1, 0.15) is 4.90 Å². The van der Waals surface area contributed by atoms with Crippen LogP contribution >= 0.6 is 28.1 Å². The van der Waals surface area contributed by atoms with E-state index in [1.807, 2.05) is 4.83 Å². The Balaban J connectivity index is 3.23. The highest BCUT2D eigenvalue weighted by molar-refractivity contribution is 9.10. The predicted octanol–water partition coefficient (Wildman–Crippen LogP) is 0.493. The molecule has 0 saturated heterocycles. The fraction of sp³-hybridized carbons (Fsp3) is 0.222. The molecule has 0 bridgehead atoms. The molecular formula is C9H12BrN3O4S2. The smallest absolute Gasteiger partial charge is 0.258 e. The summed E-state index contributed by atoms with van der Waals surface area (Å²) in [5, 5.41) is -0.194. The topological polar surface area (TPSA) is 103 Å². The van der Waals surface area contributed by atoms with Gasteiger partial charge >= 0.3 is 0 Å². The minimum absolute atomic E-state index is 0.0473. The van der Waals surface area contributed by atoms with E-state index in [4.69, 9.17) is 15.2 Å². The van der Waals surface area contributed by atoms with Crippen molar-refractivity contribution in [2.24, 2.45) is 5.73 Å². The second-order valence-corrected chi connectivity index (χ2v) is 6.18. The molecule has 0 fully saturated rings. The van der Waals surface area contributed by atoms with Crippen molar-refractivity contribution in [2.45, 2.75) is 4.90 Å². The van der Waals surface area contributed by atoms with Gasteiger partial charge in [-0.2, -0.15) is 0 Å². The summed E-state index contributed by atoms with van der Waals surface area (Å²) in [7, 11) is -0.999. The number of benzene rings is 1. The average molecular weight is 370 g/mol. The summed E-state index contributed by atoms with van der Waals surface area (Å²) in [5.74, 6) is 0.678. The summed E-state index contributed by atoms with van der Waals surface area (Å²) in [6, 6.07) is 2.79. The highest BCUT2D eigenvalue weighted by Crippen LogP contribution is 2.35. The Bertz CT molecular complexity index is 591. The maximum Gasteiger partial charge on any atom is 0.258 e. The van der Waals surface area contributed by atoms with Gasteiger partial charge in [-0.3, -0.25) is 5.43 Å². The van der Waals surface area contributed by atoms with Crippen LogP contribution in [0.25, 0.3) is 0 Å². The summed E-state index contributed by atoms with van der Waals surface area (Å²) < 4.78 is 34.4. The maximum atomic E-state index is 12.0. The maximum absolute atomic E-state index is 12.0. The van der Waals surface area contributed by atoms with E-state index in [1.165, 1.54) is 26.4 Å². The molecule has 10 heteroatoms. The van der Waals surface area contributed by atoms with E-state index in [2.05, 4.69) is 33.6 Å². The van der Waals surface area contributed by atoms with Crippen LogP contribution in [-0.4, -0.2) is 27.7 Å². The number of sulfonamides is 1. The number of halogens is 1. The number of hydrazine groups is 1. The van der Waals surface area contributed by atoms with Gasteiger partial charge in [-0.1, -0.05) is 0 Å². The standard InChI is InChI=1S/C9H12BrN3O4S2/c1-16-6-3-5(10)8(4-7(6)17-2)19(14,15)13-12-9(11)18/h3-4,13H,1-2H3,(H3,11,12,18). The van der Waals surface area contributed by atoms with Crippen molar-refractivity contribution in [3.05, 3.63) is 16.6 Å². The van der Waals surface area contributed by atoms with Crippen molar-refractivity contribution in [2.75, 3.05) is 14.2 Å². The Morgan fingerprint density at radius 2 is 1.84 bits per heavy atom. The van der Waals surface area contributed by atoms with Crippen LogP contribution in [0.15, 0.2) is 21.5 Å². The van der Waals surface area contributed by atoms with Crippen LogP contribution in [0.4, 0.5) is 0 Å². The van der Waals surface area contributed by atoms with Crippen molar-refractivity contribution in [1.82, 2.24) is 10.3 Å². The molecule has 0 aliphatic rings. The third-order valence-corrected chi connectivity index (χ3v) is 4.34. The molecule has 0 unspecified atom stereocenters. The van der Waals surface area contributed by atoms with Gasteiger partial charge in [-0.25, -0.2) is 8.42 Å². The van der Waals surface area contributed by atoms with Crippen molar-refractivity contribution in [3.8, 4) is 11.5 Å². The van der Waals surface area contributed by atoms with E-state index < -0.39 is 10.0 Å². The molecule has 0 spiro atoms. The molecule has 0 saturated carbocycles. The van der Waals surface area contributed by atoms with Crippen molar-refractivity contribution in [1.29, 1.82) is 0 Å². The molecule has 7 nitrogen and oxygen atoms in total. The van der Waals surface area contributed by atoms with E-state index in [0.29, 0.717) is 10.2 Å². The Morgan fingerprint density at radius 3 is 2.32 bits per heavy atom. The lowest BCUT2D eigenvalue weighted by Gasteiger charge is -2.13. The molecule has 0 amide bonds. The van der Waals surface area contributed by atoms with Gasteiger partial charge in [-0.15, -0.1) is 4.83 Å². The van der Waals surface area contributed by atoms with Gasteiger partial charge in [0.25, 0.3) is 10.0 Å². The van der Waals surface area contributed by atoms with Gasteiger partial charge in [0, 0.05) is 10.5 Å². The van der Waals surface area contributed by atoms with Gasteiger partial charge < -0.3 is 15.2 Å². The number of rotatable bonds is 5. The Kier molecular flexibility index (Phi) is 5.35. The number of hydrogen-bond acceptors (Lipinski definition) is 5. The van der Waals surface area contributed by atoms with Gasteiger partial charge in [0.2, 0.25) is 0 Å². The molecular weight excluding hydrogens is 358 g/mol. The lowest BCUT2D eigenvalue weighted by Crippen LogP contribution is -2.44. The van der Waals surface area contributed by atoms with E-state index in [9.17, 15) is 8.42 Å². The second kappa shape index (κ2) is 6.37. The number of hydrogen-bond donors (Lipinski definition) is 3. The van der Waals surface area contributed by atoms with Crippen LogP contribution in [-0.2, 0) is 10.0 Å². The summed E-state index contributed by atoms with van der Waals surface area (Å²) >= 11 is 7.67. The average Bonchev–Trinajstić information content (AvgIpc) is 2.35. The summed E-state index contributed by atoms with van der Waals surface area (Å²) in [6.07, 6.45) is 0. The normalized spacial score (nSPS) is 10.9. The van der Waals surface area contributed by atoms with Crippen LogP contribution in [0, 0.1) is 0 Å². The zero-order valence-corrected chi connectivity index (χ0v) is 13.3. The third-order valence-electron chi connectivity index (χ3n) is 2.04. The molecule has 0 aromatic heterocycles. The minimum Gasteiger partial charge on any atom is -0.493 e. The fourth-order valence-electron chi connectivity index (χ4n) is 1.21. The van der Waals surface area contributed by atoms with Gasteiger partial charge in [0.05, 0.1) is 14.2 Å². The van der Waals surface area contributed by atoms with Crippen LogP contribution in [0.2, 0.25) is 0 Å². The summed E-state index contributed by atoms with van der Waals surface area (Å²) in [5.41, 5.74) is 7.31. The van der Waals surface area contributed by atoms with E-state index in [0.717, 1.165) is 0 Å². The monoisotopic (exact) mass is 369 g/mol. The van der Waals surface area contributed by atoms with Gasteiger partial charge in [0.15, 0.2) is 16.6 Å². The lowest BCUT2D eigenvalue weighted by atomic mass is 10.3. The highest BCUT2D eigenvalue weighted by Gasteiger charge is 2.21. The Labute approximate surface area is 124 Å². The van der Waals surface area contributed by atoms with E-state index in [1.54, 1.807) is 0 Å². The van der Waals surface area contributed by atoms with Crippen LogP contribution in [0.5, 0.6) is 11.5 Å². The zero-order valence-electron chi connectivity index (χ0n) is 10.1. The number of nitrogens with two attached hydrogens (primary N) is 1. The largest absolute Gasteiger partial charge is 0.493 e. The van der Waals surface area contributed by atoms with Gasteiger partial charge in [-0.05, 0) is 34.2 Å². The molecule has 106 valence electrons. The quantitative estimate of drug-likeness (QED) is 0.512. The summed E-state index contributed by atoms with van der Waals surface area (Å²) in [6.45, 7) is 0. The minimum atomic E-state index is -3.85. The number of ether oxygens (including phenoxy) is 2. The Hall–Kier alpha value is -1.10. The summed E-state index contributed by atoms with van der Waals surface area (Å²) in [4.78, 5) is 1.99. The molecule has 4 N–H and O–H groups in total. The molecule has 0 atom stereocenters. The molecule has 19 heavy (non-hydrogen) atoms. The molecule has 0 heterocycles. The van der Waals surface area contributed by atoms with Crippen molar-refractivity contribution < 1.29 is 17.9 Å². The fourth-order valence-corrected chi connectivity index (χ4v) is 3.22. The zero-order chi connectivity index (χ0) is 14.6. The molecule has 0 aliphatic heterocycles. The molecule has 0 aliphatic carbocycles. The Morgan fingerprint density at radius 1 is 1.32 bits per heavy atom. The predicted molar refractivity (Wildman–Crippen MR) is 77.5 cm³/mol.